The lowest BCUT2D eigenvalue weighted by Crippen LogP contribution is -2.22. The smallest absolute Gasteiger partial charge is 0.117 e. The quantitative estimate of drug-likeness (QED) is 0.785. The van der Waals surface area contributed by atoms with Crippen LogP contribution >= 0.6 is 11.6 Å². The maximum Gasteiger partial charge on any atom is 0.117 e. The lowest BCUT2D eigenvalue weighted by Gasteiger charge is -2.17. The van der Waals surface area contributed by atoms with Gasteiger partial charge in [0.15, 0.2) is 0 Å². The Hall–Kier alpha value is -1.45. The van der Waals surface area contributed by atoms with Gasteiger partial charge in [0.1, 0.15) is 11.5 Å². The van der Waals surface area contributed by atoms with Gasteiger partial charge < -0.3 is 8.83 Å². The maximum atomic E-state index is 5.56. The first-order valence-corrected chi connectivity index (χ1v) is 5.84. The summed E-state index contributed by atoms with van der Waals surface area (Å²) in [4.78, 5) is 2.18. The highest BCUT2D eigenvalue weighted by Gasteiger charge is 2.08. The summed E-state index contributed by atoms with van der Waals surface area (Å²) in [5.41, 5.74) is 1.53. The average Bonchev–Trinajstić information content (AvgIpc) is 2.99. The van der Waals surface area contributed by atoms with Crippen LogP contribution in [0.5, 0.6) is 0 Å². The van der Waals surface area contributed by atoms with Crippen molar-refractivity contribution >= 4 is 11.6 Å². The molecule has 0 unspecified atom stereocenters. The monoisotopic (exact) mass is 251 g/mol. The van der Waals surface area contributed by atoms with Gasteiger partial charge in [-0.05, 0) is 24.3 Å². The molecule has 0 amide bonds. The van der Waals surface area contributed by atoms with E-state index in [9.17, 15) is 0 Å². The molecule has 4 heteroatoms. The van der Waals surface area contributed by atoms with Gasteiger partial charge in [-0.25, -0.2) is 0 Å². The highest BCUT2D eigenvalue weighted by molar-refractivity contribution is 6.25. The molecule has 0 aromatic carbocycles. The van der Waals surface area contributed by atoms with Crippen molar-refractivity contribution in [1.82, 2.24) is 4.90 Å². The number of halogens is 1. The second-order valence-electron chi connectivity index (χ2n) is 3.69. The SMILES string of the molecule is Cl/C=C\CN(Cc1ccco1)Cc1ccco1. The maximum absolute atomic E-state index is 5.56. The summed E-state index contributed by atoms with van der Waals surface area (Å²) in [5, 5.41) is 0. The Morgan fingerprint density at radius 2 is 1.65 bits per heavy atom. The molecule has 2 heterocycles. The summed E-state index contributed by atoms with van der Waals surface area (Å²) >= 11 is 5.56. The van der Waals surface area contributed by atoms with Gasteiger partial charge in [0.05, 0.1) is 25.6 Å². The summed E-state index contributed by atoms with van der Waals surface area (Å²) in [7, 11) is 0. The average molecular weight is 252 g/mol. The summed E-state index contributed by atoms with van der Waals surface area (Å²) in [5.74, 6) is 1.86. The molecule has 17 heavy (non-hydrogen) atoms. The summed E-state index contributed by atoms with van der Waals surface area (Å²) in [6.45, 7) is 2.22. The van der Waals surface area contributed by atoms with Crippen molar-refractivity contribution in [1.29, 1.82) is 0 Å². The molecule has 0 aliphatic rings. The van der Waals surface area contributed by atoms with Crippen molar-refractivity contribution < 1.29 is 8.83 Å². The van der Waals surface area contributed by atoms with E-state index in [1.54, 1.807) is 12.5 Å². The molecular weight excluding hydrogens is 238 g/mol. The minimum Gasteiger partial charge on any atom is -0.468 e. The predicted molar refractivity (Wildman–Crippen MR) is 66.5 cm³/mol. The predicted octanol–water partition coefficient (Wildman–Crippen LogP) is 3.63. The van der Waals surface area contributed by atoms with E-state index in [0.717, 1.165) is 31.2 Å². The van der Waals surface area contributed by atoms with Gasteiger partial charge in [-0.15, -0.1) is 0 Å². The second-order valence-corrected chi connectivity index (χ2v) is 3.94. The third kappa shape index (κ3) is 3.80. The lowest BCUT2D eigenvalue weighted by atomic mass is 10.3. The van der Waals surface area contributed by atoms with E-state index < -0.39 is 0 Å². The van der Waals surface area contributed by atoms with E-state index in [-0.39, 0.29) is 0 Å². The van der Waals surface area contributed by atoms with Gasteiger partial charge in [0.2, 0.25) is 0 Å². The normalized spacial score (nSPS) is 11.6. The Balaban J connectivity index is 1.97. The Morgan fingerprint density at radius 3 is 2.06 bits per heavy atom. The van der Waals surface area contributed by atoms with E-state index in [1.807, 2.05) is 30.3 Å². The Kier molecular flexibility index (Phi) is 4.47. The van der Waals surface area contributed by atoms with Gasteiger partial charge in [-0.1, -0.05) is 17.7 Å². The van der Waals surface area contributed by atoms with Crippen molar-refractivity contribution in [3.63, 3.8) is 0 Å². The topological polar surface area (TPSA) is 29.5 Å². The fraction of sp³-hybridized carbons (Fsp3) is 0.231. The Bertz CT molecular complexity index is 398. The Labute approximate surface area is 105 Å². The number of nitrogens with zero attached hydrogens (tertiary/aromatic N) is 1. The molecule has 90 valence electrons. The van der Waals surface area contributed by atoms with Gasteiger partial charge in [-0.3, -0.25) is 4.90 Å². The molecule has 0 saturated carbocycles. The first-order valence-electron chi connectivity index (χ1n) is 5.41. The van der Waals surface area contributed by atoms with Crippen LogP contribution in [-0.4, -0.2) is 11.4 Å². The molecule has 0 atom stereocenters. The number of hydrogen-bond donors (Lipinski definition) is 0. The summed E-state index contributed by atoms with van der Waals surface area (Å²) in [6, 6.07) is 7.69. The highest BCUT2D eigenvalue weighted by Crippen LogP contribution is 2.11. The molecule has 3 nitrogen and oxygen atoms in total. The molecule has 0 N–H and O–H groups in total. The largest absolute Gasteiger partial charge is 0.468 e. The van der Waals surface area contributed by atoms with Gasteiger partial charge in [0.25, 0.3) is 0 Å². The molecule has 0 bridgehead atoms. The molecule has 0 aliphatic heterocycles. The Morgan fingerprint density at radius 1 is 1.06 bits per heavy atom. The zero-order valence-corrected chi connectivity index (χ0v) is 10.1. The van der Waals surface area contributed by atoms with Gasteiger partial charge >= 0.3 is 0 Å². The molecule has 2 rings (SSSR count). The first kappa shape index (κ1) is 12.0. The van der Waals surface area contributed by atoms with Crippen LogP contribution in [0.15, 0.2) is 57.2 Å². The van der Waals surface area contributed by atoms with Crippen LogP contribution in [0.1, 0.15) is 11.5 Å². The van der Waals surface area contributed by atoms with E-state index in [1.165, 1.54) is 5.54 Å². The first-order chi connectivity index (χ1) is 8.38. The van der Waals surface area contributed by atoms with Crippen LogP contribution in [0.3, 0.4) is 0 Å². The lowest BCUT2D eigenvalue weighted by molar-refractivity contribution is 0.240. The number of rotatable bonds is 6. The van der Waals surface area contributed by atoms with Crippen LogP contribution in [0, 0.1) is 0 Å². The van der Waals surface area contributed by atoms with Gasteiger partial charge in [0, 0.05) is 12.1 Å². The third-order valence-electron chi connectivity index (χ3n) is 2.37. The van der Waals surface area contributed by atoms with Crippen molar-refractivity contribution in [2.45, 2.75) is 13.1 Å². The van der Waals surface area contributed by atoms with Crippen LogP contribution in [0.2, 0.25) is 0 Å². The second kappa shape index (κ2) is 6.33. The van der Waals surface area contributed by atoms with Crippen LogP contribution in [0.25, 0.3) is 0 Å². The highest BCUT2D eigenvalue weighted by atomic mass is 35.5. The van der Waals surface area contributed by atoms with Crippen LogP contribution < -0.4 is 0 Å². The van der Waals surface area contributed by atoms with Crippen molar-refractivity contribution in [2.75, 3.05) is 6.54 Å². The van der Waals surface area contributed by atoms with E-state index in [2.05, 4.69) is 4.90 Å². The van der Waals surface area contributed by atoms with Crippen LogP contribution in [-0.2, 0) is 13.1 Å². The third-order valence-corrected chi connectivity index (χ3v) is 2.55. The van der Waals surface area contributed by atoms with Crippen molar-refractivity contribution in [3.05, 3.63) is 59.9 Å². The van der Waals surface area contributed by atoms with Gasteiger partial charge in [-0.2, -0.15) is 0 Å². The fourth-order valence-corrected chi connectivity index (χ4v) is 1.70. The van der Waals surface area contributed by atoms with E-state index >= 15 is 0 Å². The molecule has 0 fully saturated rings. The summed E-state index contributed by atoms with van der Waals surface area (Å²) in [6.07, 6.45) is 5.25. The van der Waals surface area contributed by atoms with Crippen molar-refractivity contribution in [2.24, 2.45) is 0 Å². The zero-order chi connectivity index (χ0) is 11.9. The number of hydrogen-bond acceptors (Lipinski definition) is 3. The van der Waals surface area contributed by atoms with Crippen molar-refractivity contribution in [3.8, 4) is 0 Å². The molecule has 2 aromatic rings. The zero-order valence-electron chi connectivity index (χ0n) is 9.38. The molecule has 2 aromatic heterocycles. The summed E-state index contributed by atoms with van der Waals surface area (Å²) < 4.78 is 10.7. The fourth-order valence-electron chi connectivity index (χ4n) is 1.62. The number of furan rings is 2. The standard InChI is InChI=1S/C13H14ClNO2/c14-6-3-7-15(10-12-4-1-8-16-12)11-13-5-2-9-17-13/h1-6,8-9H,7,10-11H2/b6-3-. The van der Waals surface area contributed by atoms with Crippen LogP contribution in [0.4, 0.5) is 0 Å². The molecule has 0 spiro atoms. The molecule has 0 aliphatic carbocycles. The van der Waals surface area contributed by atoms with E-state index in [4.69, 9.17) is 20.4 Å². The molecule has 0 saturated heterocycles. The molecule has 0 radical (unpaired) electrons. The minimum absolute atomic E-state index is 0.731. The minimum atomic E-state index is 0.731. The van der Waals surface area contributed by atoms with E-state index in [0.29, 0.717) is 0 Å². The molecular formula is C13H14ClNO2.